The summed E-state index contributed by atoms with van der Waals surface area (Å²) in [5, 5.41) is 6.21. The minimum atomic E-state index is 0.464. The third-order valence-corrected chi connectivity index (χ3v) is 3.30. The lowest BCUT2D eigenvalue weighted by Gasteiger charge is -2.12. The molecule has 0 atom stereocenters. The maximum absolute atomic E-state index is 10.6. The van der Waals surface area contributed by atoms with Crippen LogP contribution in [0.3, 0.4) is 0 Å². The Morgan fingerprint density at radius 2 is 2.25 bits per heavy atom. The molecular weight excluding hydrogens is 220 g/mol. The van der Waals surface area contributed by atoms with E-state index in [2.05, 4.69) is 16.4 Å². The maximum Gasteiger partial charge on any atom is 0.168 e. The molecule has 1 aliphatic heterocycles. The van der Waals surface area contributed by atoms with Crippen molar-refractivity contribution in [1.82, 2.24) is 4.98 Å². The number of fused-ring (bicyclic) bond motifs is 2. The first-order valence-corrected chi connectivity index (χ1v) is 5.73. The van der Waals surface area contributed by atoms with Gasteiger partial charge in [0, 0.05) is 16.5 Å². The van der Waals surface area contributed by atoms with E-state index in [1.54, 1.807) is 17.8 Å². The van der Waals surface area contributed by atoms with Crippen molar-refractivity contribution in [3.05, 3.63) is 41.6 Å². The van der Waals surface area contributed by atoms with Gasteiger partial charge in [-0.25, -0.2) is 4.98 Å². The largest absolute Gasteiger partial charge is 0.360 e. The summed E-state index contributed by atoms with van der Waals surface area (Å²) < 4.78 is 0. The molecular formula is C12H8N2OS. The fourth-order valence-corrected chi connectivity index (χ4v) is 2.40. The number of pyridine rings is 1. The van der Waals surface area contributed by atoms with E-state index in [4.69, 9.17) is 0 Å². The molecule has 0 bridgehead atoms. The zero-order valence-corrected chi connectivity index (χ0v) is 9.12. The molecule has 4 heteroatoms. The fraction of sp³-hybridized carbons (Fsp3) is 0. The molecule has 1 aromatic carbocycles. The number of carbonyl (C=O) groups is 1. The quantitative estimate of drug-likeness (QED) is 0.762. The molecule has 78 valence electrons. The number of rotatable bonds is 1. The molecule has 3 nitrogen and oxygen atoms in total. The number of aromatic nitrogens is 1. The third kappa shape index (κ3) is 1.47. The monoisotopic (exact) mass is 228 g/mol. The number of hydrogen-bond donors (Lipinski definition) is 1. The van der Waals surface area contributed by atoms with Crippen LogP contribution in [0.25, 0.3) is 10.9 Å². The molecule has 1 aliphatic rings. The van der Waals surface area contributed by atoms with Crippen molar-refractivity contribution in [2.45, 2.75) is 4.90 Å². The van der Waals surface area contributed by atoms with E-state index in [1.807, 2.05) is 23.7 Å². The van der Waals surface area contributed by atoms with Crippen LogP contribution < -0.4 is 5.32 Å². The Balaban J connectivity index is 2.25. The lowest BCUT2D eigenvalue weighted by Crippen LogP contribution is -1.95. The van der Waals surface area contributed by atoms with Gasteiger partial charge < -0.3 is 5.32 Å². The Morgan fingerprint density at radius 3 is 3.12 bits per heavy atom. The first-order chi connectivity index (χ1) is 7.86. The van der Waals surface area contributed by atoms with Gasteiger partial charge in [0.15, 0.2) is 6.29 Å². The van der Waals surface area contributed by atoms with E-state index in [-0.39, 0.29) is 0 Å². The first kappa shape index (κ1) is 9.42. The Bertz CT molecular complexity index is 607. The highest BCUT2D eigenvalue weighted by Crippen LogP contribution is 2.34. The highest BCUT2D eigenvalue weighted by atomic mass is 32.2. The van der Waals surface area contributed by atoms with Gasteiger partial charge in [-0.15, -0.1) is 0 Å². The average molecular weight is 228 g/mol. The molecule has 2 aromatic rings. The van der Waals surface area contributed by atoms with Crippen LogP contribution in [0.5, 0.6) is 0 Å². The Hall–Kier alpha value is -1.81. The maximum atomic E-state index is 10.6. The predicted octanol–water partition coefficient (Wildman–Crippen LogP) is 3.04. The molecule has 0 saturated heterocycles. The van der Waals surface area contributed by atoms with Crippen LogP contribution in [-0.2, 0) is 0 Å². The molecule has 0 saturated carbocycles. The summed E-state index contributed by atoms with van der Waals surface area (Å²) in [6.45, 7) is 0. The van der Waals surface area contributed by atoms with Crippen LogP contribution in [0.2, 0.25) is 0 Å². The van der Waals surface area contributed by atoms with E-state index in [9.17, 15) is 4.79 Å². The van der Waals surface area contributed by atoms with Gasteiger partial charge in [-0.1, -0.05) is 17.8 Å². The first-order valence-electron chi connectivity index (χ1n) is 4.85. The van der Waals surface area contributed by atoms with Crippen molar-refractivity contribution >= 4 is 34.6 Å². The summed E-state index contributed by atoms with van der Waals surface area (Å²) >= 11 is 1.67. The minimum absolute atomic E-state index is 0.464. The molecule has 2 heterocycles. The summed E-state index contributed by atoms with van der Waals surface area (Å²) in [7, 11) is 0. The van der Waals surface area contributed by atoms with Crippen molar-refractivity contribution in [3.8, 4) is 0 Å². The van der Waals surface area contributed by atoms with Crippen LogP contribution in [0.4, 0.5) is 5.69 Å². The summed E-state index contributed by atoms with van der Waals surface area (Å²) in [6, 6.07) is 7.70. The molecule has 0 unspecified atom stereocenters. The van der Waals surface area contributed by atoms with E-state index in [0.717, 1.165) is 22.9 Å². The number of nitrogens with zero attached hydrogens (tertiary/aromatic N) is 1. The van der Waals surface area contributed by atoms with Gasteiger partial charge in [-0.05, 0) is 23.6 Å². The fourth-order valence-electron chi connectivity index (χ4n) is 1.67. The lowest BCUT2D eigenvalue weighted by atomic mass is 10.2. The highest BCUT2D eigenvalue weighted by Gasteiger charge is 2.08. The standard InChI is InChI=1S/C12H8N2OS/c15-7-9-2-1-8-5-12-11(6-10(8)14-9)13-3-4-16-12/h1-7,13H. The molecule has 16 heavy (non-hydrogen) atoms. The van der Waals surface area contributed by atoms with E-state index < -0.39 is 0 Å². The third-order valence-electron chi connectivity index (χ3n) is 2.43. The SMILES string of the molecule is O=Cc1ccc2cc3c(cc2n1)NC=CS3. The van der Waals surface area contributed by atoms with Crippen LogP contribution in [0, 0.1) is 0 Å². The van der Waals surface area contributed by atoms with Crippen LogP contribution >= 0.6 is 11.8 Å². The number of hydrogen-bond acceptors (Lipinski definition) is 4. The second kappa shape index (κ2) is 3.64. The smallest absolute Gasteiger partial charge is 0.168 e. The van der Waals surface area contributed by atoms with Gasteiger partial charge in [0.05, 0.1) is 11.2 Å². The van der Waals surface area contributed by atoms with Gasteiger partial charge >= 0.3 is 0 Å². The molecule has 0 spiro atoms. The van der Waals surface area contributed by atoms with E-state index in [1.165, 1.54) is 4.90 Å². The van der Waals surface area contributed by atoms with E-state index in [0.29, 0.717) is 5.69 Å². The minimum Gasteiger partial charge on any atom is -0.360 e. The second-order valence-corrected chi connectivity index (χ2v) is 4.41. The summed E-state index contributed by atoms with van der Waals surface area (Å²) in [5.74, 6) is 0. The molecule has 0 radical (unpaired) electrons. The zero-order valence-electron chi connectivity index (χ0n) is 8.31. The van der Waals surface area contributed by atoms with Gasteiger partial charge in [-0.2, -0.15) is 0 Å². The number of benzene rings is 1. The van der Waals surface area contributed by atoms with Gasteiger partial charge in [-0.3, -0.25) is 4.79 Å². The van der Waals surface area contributed by atoms with Crippen molar-refractivity contribution in [3.63, 3.8) is 0 Å². The molecule has 0 fully saturated rings. The van der Waals surface area contributed by atoms with Crippen LogP contribution in [0.1, 0.15) is 10.5 Å². The number of aldehydes is 1. The number of carbonyl (C=O) groups excluding carboxylic acids is 1. The van der Waals surface area contributed by atoms with Crippen molar-refractivity contribution in [2.24, 2.45) is 0 Å². The van der Waals surface area contributed by atoms with Crippen LogP contribution in [0.15, 0.2) is 40.8 Å². The zero-order chi connectivity index (χ0) is 11.0. The Labute approximate surface area is 96.6 Å². The molecule has 1 aromatic heterocycles. The van der Waals surface area contributed by atoms with Gasteiger partial charge in [0.25, 0.3) is 0 Å². The molecule has 0 amide bonds. The average Bonchev–Trinajstić information content (AvgIpc) is 2.35. The number of anilines is 1. The van der Waals surface area contributed by atoms with Gasteiger partial charge in [0.2, 0.25) is 0 Å². The number of thioether (sulfide) groups is 1. The molecule has 1 N–H and O–H groups in total. The van der Waals surface area contributed by atoms with Crippen molar-refractivity contribution < 1.29 is 4.79 Å². The summed E-state index contributed by atoms with van der Waals surface area (Å²) in [5.41, 5.74) is 2.34. The Kier molecular flexibility index (Phi) is 2.15. The van der Waals surface area contributed by atoms with Crippen molar-refractivity contribution in [2.75, 3.05) is 5.32 Å². The van der Waals surface area contributed by atoms with Crippen molar-refractivity contribution in [1.29, 1.82) is 0 Å². The van der Waals surface area contributed by atoms with Crippen LogP contribution in [-0.4, -0.2) is 11.3 Å². The van der Waals surface area contributed by atoms with E-state index >= 15 is 0 Å². The van der Waals surface area contributed by atoms with Gasteiger partial charge in [0.1, 0.15) is 5.69 Å². The highest BCUT2D eigenvalue weighted by molar-refractivity contribution is 8.02. The second-order valence-electron chi connectivity index (χ2n) is 3.46. The molecule has 0 aliphatic carbocycles. The predicted molar refractivity (Wildman–Crippen MR) is 65.8 cm³/mol. The number of nitrogens with one attached hydrogen (secondary N) is 1. The molecule has 3 rings (SSSR count). The normalized spacial score (nSPS) is 13.2. The lowest BCUT2D eigenvalue weighted by molar-refractivity contribution is 0.111. The topological polar surface area (TPSA) is 42.0 Å². The summed E-state index contributed by atoms with van der Waals surface area (Å²) in [4.78, 5) is 16.1. The summed E-state index contributed by atoms with van der Waals surface area (Å²) in [6.07, 6.45) is 2.66. The Morgan fingerprint density at radius 1 is 1.31 bits per heavy atom.